The Morgan fingerprint density at radius 3 is 2.62 bits per heavy atom. The van der Waals surface area contributed by atoms with Crippen LogP contribution in [-0.4, -0.2) is 51.0 Å². The molecule has 13 heteroatoms. The Morgan fingerprint density at radius 1 is 1.13 bits per heavy atom. The van der Waals surface area contributed by atoms with Crippen molar-refractivity contribution in [3.05, 3.63) is 88.1 Å². The lowest BCUT2D eigenvalue weighted by Gasteiger charge is -2.24. The number of hydrogen-bond donors (Lipinski definition) is 4. The van der Waals surface area contributed by atoms with E-state index in [9.17, 15) is 23.3 Å². The summed E-state index contributed by atoms with van der Waals surface area (Å²) in [5, 5.41) is 18.6. The maximum absolute atomic E-state index is 12.9. The Labute approximate surface area is 223 Å². The number of fused-ring (bicyclic) bond motifs is 1. The summed E-state index contributed by atoms with van der Waals surface area (Å²) < 4.78 is 38.4. The molecule has 1 unspecified atom stereocenters. The summed E-state index contributed by atoms with van der Waals surface area (Å²) in [4.78, 5) is 26.6. The second-order valence-corrected chi connectivity index (χ2v) is 10.5. The quantitative estimate of drug-likeness (QED) is 0.189. The zero-order valence-electron chi connectivity index (χ0n) is 20.8. The summed E-state index contributed by atoms with van der Waals surface area (Å²) in [6.07, 6.45) is -0.104. The highest BCUT2D eigenvalue weighted by molar-refractivity contribution is 7.90. The number of rotatable bonds is 8. The molecule has 202 valence electrons. The Kier molecular flexibility index (Phi) is 7.19. The first-order valence-corrected chi connectivity index (χ1v) is 13.4. The number of nitro benzene ring substituents is 1. The van der Waals surface area contributed by atoms with Crippen LogP contribution in [0.2, 0.25) is 0 Å². The van der Waals surface area contributed by atoms with Crippen molar-refractivity contribution in [1.29, 1.82) is 0 Å². The van der Waals surface area contributed by atoms with E-state index in [-0.39, 0.29) is 27.9 Å². The third-order valence-corrected chi connectivity index (χ3v) is 7.62. The normalized spacial score (nSPS) is 15.6. The van der Waals surface area contributed by atoms with Crippen LogP contribution in [0.5, 0.6) is 5.75 Å². The summed E-state index contributed by atoms with van der Waals surface area (Å²) >= 11 is 0. The predicted molar refractivity (Wildman–Crippen MR) is 144 cm³/mol. The average molecular weight is 552 g/mol. The van der Waals surface area contributed by atoms with Crippen molar-refractivity contribution in [2.24, 2.45) is 0 Å². The van der Waals surface area contributed by atoms with E-state index >= 15 is 0 Å². The van der Waals surface area contributed by atoms with Crippen LogP contribution in [0.25, 0.3) is 10.9 Å². The molecule has 1 atom stereocenters. The molecule has 39 heavy (non-hydrogen) atoms. The van der Waals surface area contributed by atoms with E-state index in [1.54, 1.807) is 0 Å². The van der Waals surface area contributed by atoms with Gasteiger partial charge in [0, 0.05) is 35.9 Å². The molecule has 0 bridgehead atoms. The number of nitro groups is 1. The highest BCUT2D eigenvalue weighted by atomic mass is 32.2. The molecule has 5 rings (SSSR count). The molecular formula is C26H25N5O7S. The van der Waals surface area contributed by atoms with Gasteiger partial charge < -0.3 is 25.1 Å². The summed E-state index contributed by atoms with van der Waals surface area (Å²) in [5.41, 5.74) is 1.82. The predicted octanol–water partition coefficient (Wildman–Crippen LogP) is 3.61. The number of H-pyrrole nitrogens is 1. The molecule has 4 N–H and O–H groups in total. The Balaban J connectivity index is 1.45. The standard InChI is InChI=1S/C26H25N5O7S/c1-37-18-5-7-19(8-6-18)39(35,36)30-26(32)22-14-20-21(9-10-23(31(33)34)25(20)29-22)28-17-4-2-3-16(13-17)24-15-27-11-12-38-24/h2-10,13-14,24,27-29H,11-12,15H2,1H3,(H,30,32). The summed E-state index contributed by atoms with van der Waals surface area (Å²) in [5.74, 6) is -0.511. The SMILES string of the molecule is COc1ccc(S(=O)(=O)NC(=O)c2cc3c(Nc4cccc(C5CNCCO5)c4)ccc([N+](=O)[O-])c3[nH]2)cc1. The Bertz CT molecular complexity index is 1650. The first-order valence-electron chi connectivity index (χ1n) is 12.0. The van der Waals surface area contributed by atoms with E-state index in [2.05, 4.69) is 15.6 Å². The van der Waals surface area contributed by atoms with E-state index < -0.39 is 20.9 Å². The largest absolute Gasteiger partial charge is 0.497 e. The van der Waals surface area contributed by atoms with Gasteiger partial charge in [-0.2, -0.15) is 0 Å². The minimum atomic E-state index is -4.21. The second kappa shape index (κ2) is 10.7. The van der Waals surface area contributed by atoms with E-state index in [0.717, 1.165) is 12.1 Å². The number of amides is 1. The van der Waals surface area contributed by atoms with Crippen molar-refractivity contribution in [2.45, 2.75) is 11.0 Å². The lowest BCUT2D eigenvalue weighted by molar-refractivity contribution is -0.383. The number of sulfonamides is 1. The third-order valence-electron chi connectivity index (χ3n) is 6.28. The van der Waals surface area contributed by atoms with Crippen molar-refractivity contribution in [3.8, 4) is 5.75 Å². The highest BCUT2D eigenvalue weighted by Gasteiger charge is 2.24. The molecule has 1 aliphatic heterocycles. The van der Waals surface area contributed by atoms with Crippen molar-refractivity contribution < 1.29 is 27.6 Å². The van der Waals surface area contributed by atoms with E-state index in [1.165, 1.54) is 49.6 Å². The number of anilines is 2. The van der Waals surface area contributed by atoms with Crippen LogP contribution in [-0.2, 0) is 14.8 Å². The maximum atomic E-state index is 12.9. The number of hydrogen-bond acceptors (Lipinski definition) is 9. The molecule has 0 saturated carbocycles. The first kappa shape index (κ1) is 26.2. The molecule has 0 spiro atoms. The lowest BCUT2D eigenvalue weighted by atomic mass is 10.1. The smallest absolute Gasteiger partial charge is 0.293 e. The minimum absolute atomic E-state index is 0.0768. The summed E-state index contributed by atoms with van der Waals surface area (Å²) in [6, 6.07) is 17.3. The van der Waals surface area contributed by atoms with Crippen molar-refractivity contribution in [1.82, 2.24) is 15.0 Å². The van der Waals surface area contributed by atoms with Gasteiger partial charge in [0.1, 0.15) is 17.0 Å². The van der Waals surface area contributed by atoms with Crippen molar-refractivity contribution in [2.75, 3.05) is 32.1 Å². The Hall–Kier alpha value is -4.46. The molecule has 3 aromatic carbocycles. The number of carbonyl (C=O) groups excluding carboxylic acids is 1. The molecule has 4 aromatic rings. The molecule has 0 radical (unpaired) electrons. The molecule has 0 aliphatic carbocycles. The second-order valence-electron chi connectivity index (χ2n) is 8.79. The number of methoxy groups -OCH3 is 1. The van der Waals surface area contributed by atoms with Gasteiger partial charge >= 0.3 is 0 Å². The maximum Gasteiger partial charge on any atom is 0.293 e. The summed E-state index contributed by atoms with van der Waals surface area (Å²) in [7, 11) is -2.77. The molecule has 12 nitrogen and oxygen atoms in total. The number of nitrogens with zero attached hydrogens (tertiary/aromatic N) is 1. The fourth-order valence-corrected chi connectivity index (χ4v) is 5.30. The van der Waals surface area contributed by atoms with Gasteiger partial charge in [0.05, 0.1) is 29.6 Å². The molecule has 1 aromatic heterocycles. The van der Waals surface area contributed by atoms with Crippen molar-refractivity contribution >= 4 is 43.9 Å². The summed E-state index contributed by atoms with van der Waals surface area (Å²) in [6.45, 7) is 2.08. The van der Waals surface area contributed by atoms with Crippen molar-refractivity contribution in [3.63, 3.8) is 0 Å². The number of benzene rings is 3. The van der Waals surface area contributed by atoms with Gasteiger partial charge in [0.2, 0.25) is 0 Å². The minimum Gasteiger partial charge on any atom is -0.497 e. The van der Waals surface area contributed by atoms with Gasteiger partial charge in [0.15, 0.2) is 0 Å². The number of aromatic amines is 1. The number of aromatic nitrogens is 1. The van der Waals surface area contributed by atoms with Gasteiger partial charge in [-0.25, -0.2) is 13.1 Å². The molecular weight excluding hydrogens is 526 g/mol. The molecule has 2 heterocycles. The van der Waals surface area contributed by atoms with Crippen LogP contribution in [0.3, 0.4) is 0 Å². The number of nitrogens with one attached hydrogen (secondary N) is 4. The number of morpholine rings is 1. The topological polar surface area (TPSA) is 165 Å². The van der Waals surface area contributed by atoms with E-state index in [0.29, 0.717) is 35.7 Å². The monoisotopic (exact) mass is 551 g/mol. The van der Waals surface area contributed by atoms with Crippen LogP contribution in [0.1, 0.15) is 22.2 Å². The van der Waals surface area contributed by atoms with E-state index in [1.807, 2.05) is 29.0 Å². The third kappa shape index (κ3) is 5.55. The van der Waals surface area contributed by atoms with Crippen LogP contribution in [0, 0.1) is 10.1 Å². The fraction of sp³-hybridized carbons (Fsp3) is 0.192. The van der Waals surface area contributed by atoms with Gasteiger partial charge in [-0.1, -0.05) is 12.1 Å². The average Bonchev–Trinajstić information content (AvgIpc) is 3.40. The van der Waals surface area contributed by atoms with Gasteiger partial charge in [-0.15, -0.1) is 0 Å². The molecule has 1 aliphatic rings. The molecule has 1 fully saturated rings. The van der Waals surface area contributed by atoms with Crippen LogP contribution >= 0.6 is 0 Å². The first-order chi connectivity index (χ1) is 18.7. The number of ether oxygens (including phenoxy) is 2. The Morgan fingerprint density at radius 2 is 1.92 bits per heavy atom. The van der Waals surface area contributed by atoms with Crippen LogP contribution in [0.4, 0.5) is 17.1 Å². The van der Waals surface area contributed by atoms with Gasteiger partial charge in [0.25, 0.3) is 21.6 Å². The van der Waals surface area contributed by atoms with Gasteiger partial charge in [-0.05, 0) is 54.1 Å². The number of carbonyl (C=O) groups is 1. The number of non-ortho nitro benzene ring substituents is 1. The highest BCUT2D eigenvalue weighted by Crippen LogP contribution is 2.34. The zero-order chi connectivity index (χ0) is 27.6. The van der Waals surface area contributed by atoms with E-state index in [4.69, 9.17) is 9.47 Å². The van der Waals surface area contributed by atoms with Gasteiger partial charge in [-0.3, -0.25) is 14.9 Å². The van der Waals surface area contributed by atoms with Crippen LogP contribution < -0.4 is 20.1 Å². The fourth-order valence-electron chi connectivity index (χ4n) is 4.33. The molecule has 1 saturated heterocycles. The molecule has 1 amide bonds. The van der Waals surface area contributed by atoms with Crippen LogP contribution in [0.15, 0.2) is 71.6 Å². The lowest BCUT2D eigenvalue weighted by Crippen LogP contribution is -2.33. The zero-order valence-corrected chi connectivity index (χ0v) is 21.6.